The highest BCUT2D eigenvalue weighted by Crippen LogP contribution is 2.36. The second-order valence-electron chi connectivity index (χ2n) is 8.15. The Bertz CT molecular complexity index is 1360. The smallest absolute Gasteiger partial charge is 0.329 e. The summed E-state index contributed by atoms with van der Waals surface area (Å²) < 4.78 is 11.6. The molecule has 0 aliphatic heterocycles. The Balaban J connectivity index is 1.55. The third-order valence-electron chi connectivity index (χ3n) is 5.30. The van der Waals surface area contributed by atoms with Crippen LogP contribution in [-0.4, -0.2) is 37.7 Å². The van der Waals surface area contributed by atoms with Crippen molar-refractivity contribution in [2.24, 2.45) is 5.10 Å². The fourth-order valence-electron chi connectivity index (χ4n) is 3.21. The van der Waals surface area contributed by atoms with Gasteiger partial charge in [-0.2, -0.15) is 5.10 Å². The quantitative estimate of drug-likeness (QED) is 0.190. The van der Waals surface area contributed by atoms with E-state index in [0.717, 1.165) is 16.7 Å². The second kappa shape index (κ2) is 13.6. The predicted molar refractivity (Wildman–Crippen MR) is 150 cm³/mol. The molecule has 0 aromatic heterocycles. The lowest BCUT2D eigenvalue weighted by molar-refractivity contribution is -0.139. The van der Waals surface area contributed by atoms with Crippen LogP contribution in [0.1, 0.15) is 22.3 Å². The normalized spacial score (nSPS) is 10.7. The number of carbonyl (C=O) groups is 3. The number of hydrazone groups is 1. The van der Waals surface area contributed by atoms with Gasteiger partial charge in [0, 0.05) is 17.3 Å². The van der Waals surface area contributed by atoms with Crippen molar-refractivity contribution in [3.63, 3.8) is 0 Å². The number of carbonyl (C=O) groups excluding carboxylic acids is 3. The average Bonchev–Trinajstić information content (AvgIpc) is 2.89. The van der Waals surface area contributed by atoms with Gasteiger partial charge in [-0.25, -0.2) is 5.43 Å². The van der Waals surface area contributed by atoms with Crippen molar-refractivity contribution in [2.45, 2.75) is 20.4 Å². The van der Waals surface area contributed by atoms with E-state index in [4.69, 9.17) is 21.1 Å². The van der Waals surface area contributed by atoms with E-state index < -0.39 is 11.8 Å². The van der Waals surface area contributed by atoms with Crippen LogP contribution >= 0.6 is 27.5 Å². The molecule has 0 bridgehead atoms. The minimum absolute atomic E-state index is 0.221. The first kappa shape index (κ1) is 28.7. The number of aryl methyl sites for hydroxylation is 1. The maximum absolute atomic E-state index is 12.4. The van der Waals surface area contributed by atoms with E-state index in [0.29, 0.717) is 32.2 Å². The molecule has 3 N–H and O–H groups in total. The number of ether oxygens (including phenoxy) is 2. The molecule has 198 valence electrons. The van der Waals surface area contributed by atoms with Crippen molar-refractivity contribution in [1.29, 1.82) is 0 Å². The number of benzene rings is 3. The van der Waals surface area contributed by atoms with Crippen LogP contribution < -0.4 is 25.5 Å². The zero-order chi connectivity index (χ0) is 27.7. The van der Waals surface area contributed by atoms with E-state index >= 15 is 0 Å². The summed E-state index contributed by atoms with van der Waals surface area (Å²) in [5.74, 6) is -1.45. The SMILES string of the molecule is COc1cc(/C=N\NC(=O)C(=O)NCc2ccc(C)cc2)cc(Br)c1OCC(=O)Nc1cccc(Cl)c1C. The third kappa shape index (κ3) is 8.06. The molecule has 0 spiro atoms. The molecule has 0 heterocycles. The Kier molecular flexibility index (Phi) is 10.3. The molecule has 0 aliphatic carbocycles. The Hall–Kier alpha value is -3.89. The molecule has 3 amide bonds. The first-order valence-electron chi connectivity index (χ1n) is 11.4. The minimum Gasteiger partial charge on any atom is -0.493 e. The molecule has 0 fully saturated rings. The van der Waals surface area contributed by atoms with E-state index in [1.807, 2.05) is 31.2 Å². The molecule has 0 saturated heterocycles. The van der Waals surface area contributed by atoms with Gasteiger partial charge >= 0.3 is 11.8 Å². The molecule has 3 aromatic carbocycles. The molecule has 38 heavy (non-hydrogen) atoms. The molecule has 9 nitrogen and oxygen atoms in total. The lowest BCUT2D eigenvalue weighted by Crippen LogP contribution is -2.37. The van der Waals surface area contributed by atoms with Gasteiger partial charge in [0.1, 0.15) is 0 Å². The molecule has 0 unspecified atom stereocenters. The van der Waals surface area contributed by atoms with Crippen LogP contribution in [0.3, 0.4) is 0 Å². The van der Waals surface area contributed by atoms with Crippen molar-refractivity contribution < 1.29 is 23.9 Å². The highest BCUT2D eigenvalue weighted by atomic mass is 79.9. The third-order valence-corrected chi connectivity index (χ3v) is 6.30. The van der Waals surface area contributed by atoms with Gasteiger partial charge in [-0.1, -0.05) is 47.5 Å². The van der Waals surface area contributed by atoms with Gasteiger partial charge in [-0.3, -0.25) is 14.4 Å². The fourth-order valence-corrected chi connectivity index (χ4v) is 3.95. The zero-order valence-electron chi connectivity index (χ0n) is 20.9. The Morgan fingerprint density at radius 2 is 1.79 bits per heavy atom. The van der Waals surface area contributed by atoms with Gasteiger partial charge in [0.2, 0.25) is 0 Å². The highest BCUT2D eigenvalue weighted by Gasteiger charge is 2.15. The van der Waals surface area contributed by atoms with E-state index in [-0.39, 0.29) is 19.1 Å². The highest BCUT2D eigenvalue weighted by molar-refractivity contribution is 9.10. The summed E-state index contributed by atoms with van der Waals surface area (Å²) in [5.41, 5.74) is 6.05. The van der Waals surface area contributed by atoms with Gasteiger partial charge in [-0.05, 0) is 70.7 Å². The topological polar surface area (TPSA) is 118 Å². The first-order valence-corrected chi connectivity index (χ1v) is 12.6. The van der Waals surface area contributed by atoms with Crippen LogP contribution in [0.2, 0.25) is 5.02 Å². The maximum atomic E-state index is 12.4. The second-order valence-corrected chi connectivity index (χ2v) is 9.41. The Morgan fingerprint density at radius 1 is 1.05 bits per heavy atom. The molecule has 3 aromatic rings. The monoisotopic (exact) mass is 600 g/mol. The van der Waals surface area contributed by atoms with Crippen LogP contribution in [0, 0.1) is 13.8 Å². The molecule has 11 heteroatoms. The van der Waals surface area contributed by atoms with Gasteiger partial charge in [0.25, 0.3) is 5.91 Å². The van der Waals surface area contributed by atoms with Crippen molar-refractivity contribution in [3.8, 4) is 11.5 Å². The molecule has 3 rings (SSSR count). The van der Waals surface area contributed by atoms with Gasteiger partial charge in [0.15, 0.2) is 18.1 Å². The van der Waals surface area contributed by atoms with Crippen molar-refractivity contribution in [1.82, 2.24) is 10.7 Å². The number of rotatable bonds is 9. The summed E-state index contributed by atoms with van der Waals surface area (Å²) in [4.78, 5) is 36.5. The molecule has 0 saturated carbocycles. The van der Waals surface area contributed by atoms with Crippen molar-refractivity contribution in [2.75, 3.05) is 19.0 Å². The molecular formula is C27H26BrClN4O5. The number of amides is 3. The molecular weight excluding hydrogens is 576 g/mol. The van der Waals surface area contributed by atoms with E-state index in [1.54, 1.807) is 37.3 Å². The number of halogens is 2. The number of nitrogens with one attached hydrogen (secondary N) is 3. The lowest BCUT2D eigenvalue weighted by Gasteiger charge is -2.14. The van der Waals surface area contributed by atoms with E-state index in [2.05, 4.69) is 37.1 Å². The van der Waals surface area contributed by atoms with Gasteiger partial charge in [-0.15, -0.1) is 0 Å². The van der Waals surface area contributed by atoms with Crippen LogP contribution in [0.4, 0.5) is 5.69 Å². The minimum atomic E-state index is -0.903. The Morgan fingerprint density at radius 3 is 2.50 bits per heavy atom. The lowest BCUT2D eigenvalue weighted by atomic mass is 10.1. The average molecular weight is 602 g/mol. The molecule has 0 radical (unpaired) electrons. The summed E-state index contributed by atoms with van der Waals surface area (Å²) in [5, 5.41) is 9.68. The predicted octanol–water partition coefficient (Wildman–Crippen LogP) is 4.51. The van der Waals surface area contributed by atoms with Crippen LogP contribution in [-0.2, 0) is 20.9 Å². The summed E-state index contributed by atoms with van der Waals surface area (Å²) in [6.45, 7) is 3.71. The molecule has 0 atom stereocenters. The summed E-state index contributed by atoms with van der Waals surface area (Å²) in [6.07, 6.45) is 1.34. The van der Waals surface area contributed by atoms with E-state index in [9.17, 15) is 14.4 Å². The van der Waals surface area contributed by atoms with Crippen LogP contribution in [0.5, 0.6) is 11.5 Å². The summed E-state index contributed by atoms with van der Waals surface area (Å²) >= 11 is 9.50. The van der Waals surface area contributed by atoms with E-state index in [1.165, 1.54) is 13.3 Å². The number of hydrogen-bond acceptors (Lipinski definition) is 6. The largest absolute Gasteiger partial charge is 0.493 e. The van der Waals surface area contributed by atoms with Crippen molar-refractivity contribution >= 4 is 57.2 Å². The molecule has 0 aliphatic rings. The number of methoxy groups -OCH3 is 1. The number of hydrogen-bond donors (Lipinski definition) is 3. The zero-order valence-corrected chi connectivity index (χ0v) is 23.3. The van der Waals surface area contributed by atoms with Crippen LogP contribution in [0.25, 0.3) is 0 Å². The fraction of sp³-hybridized carbons (Fsp3) is 0.185. The maximum Gasteiger partial charge on any atom is 0.329 e. The standard InChI is InChI=1S/C27H26BrClN4O5/c1-16-7-9-18(10-8-16)13-30-26(35)27(36)33-31-14-19-11-20(28)25(23(12-19)37-3)38-15-24(34)32-22-6-4-5-21(29)17(22)2/h4-12,14H,13,15H2,1-3H3,(H,30,35)(H,32,34)(H,33,36)/b31-14-. The van der Waals surface area contributed by atoms with Crippen molar-refractivity contribution in [3.05, 3.63) is 86.3 Å². The number of nitrogens with zero attached hydrogens (tertiary/aromatic N) is 1. The van der Waals surface area contributed by atoms with Crippen LogP contribution in [0.15, 0.2) is 64.2 Å². The van der Waals surface area contributed by atoms with Gasteiger partial charge < -0.3 is 20.1 Å². The summed E-state index contributed by atoms with van der Waals surface area (Å²) in [6, 6.07) is 16.1. The Labute approximate surface area is 233 Å². The summed E-state index contributed by atoms with van der Waals surface area (Å²) in [7, 11) is 1.45. The first-order chi connectivity index (χ1) is 18.2. The number of anilines is 1. The van der Waals surface area contributed by atoms with Gasteiger partial charge in [0.05, 0.1) is 17.8 Å².